The lowest BCUT2D eigenvalue weighted by molar-refractivity contribution is -0.0865. The summed E-state index contributed by atoms with van der Waals surface area (Å²) in [5, 5.41) is 3.19. The predicted octanol–water partition coefficient (Wildman–Crippen LogP) is 0.571. The average molecular weight is 255 g/mol. The van der Waals surface area contributed by atoms with Crippen LogP contribution < -0.4 is 5.32 Å². The highest BCUT2D eigenvalue weighted by Gasteiger charge is 2.14. The van der Waals surface area contributed by atoms with Crippen molar-refractivity contribution >= 4 is 5.97 Å². The van der Waals surface area contributed by atoms with Crippen molar-refractivity contribution in [3.05, 3.63) is 23.7 Å². The van der Waals surface area contributed by atoms with Gasteiger partial charge < -0.3 is 23.9 Å². The number of nitrogens with one attached hydrogen (secondary N) is 1. The fraction of sp³-hybridized carbons (Fsp3) is 0.583. The summed E-state index contributed by atoms with van der Waals surface area (Å²) in [5.41, 5.74) is 0. The van der Waals surface area contributed by atoms with E-state index in [1.165, 1.54) is 7.11 Å². The Balaban J connectivity index is 1.72. The molecule has 1 unspecified atom stereocenters. The Kier molecular flexibility index (Phi) is 4.74. The maximum absolute atomic E-state index is 11.2. The van der Waals surface area contributed by atoms with Gasteiger partial charge in [-0.05, 0) is 12.1 Å². The van der Waals surface area contributed by atoms with Crippen LogP contribution in [-0.4, -0.2) is 45.5 Å². The largest absolute Gasteiger partial charge is 0.463 e. The molecule has 0 aromatic carbocycles. The molecule has 1 fully saturated rings. The van der Waals surface area contributed by atoms with Gasteiger partial charge in [0.2, 0.25) is 5.76 Å². The van der Waals surface area contributed by atoms with Gasteiger partial charge in [-0.2, -0.15) is 0 Å². The number of hydrogen-bond donors (Lipinski definition) is 1. The van der Waals surface area contributed by atoms with Crippen molar-refractivity contribution in [2.24, 2.45) is 0 Å². The number of carbonyl (C=O) groups is 1. The summed E-state index contributed by atoms with van der Waals surface area (Å²) in [4.78, 5) is 11.2. The molecular formula is C12H17NO5. The highest BCUT2D eigenvalue weighted by atomic mass is 16.6. The first-order valence-electron chi connectivity index (χ1n) is 5.86. The molecule has 0 saturated carbocycles. The zero-order valence-corrected chi connectivity index (χ0v) is 10.3. The highest BCUT2D eigenvalue weighted by Crippen LogP contribution is 2.09. The van der Waals surface area contributed by atoms with Gasteiger partial charge in [-0.3, -0.25) is 0 Å². The molecule has 1 atom stereocenters. The number of methoxy groups -OCH3 is 1. The van der Waals surface area contributed by atoms with E-state index in [2.05, 4.69) is 10.1 Å². The number of esters is 1. The number of rotatable bonds is 5. The van der Waals surface area contributed by atoms with E-state index in [4.69, 9.17) is 13.9 Å². The van der Waals surface area contributed by atoms with Crippen molar-refractivity contribution in [2.75, 3.05) is 33.5 Å². The van der Waals surface area contributed by atoms with Crippen molar-refractivity contribution in [1.82, 2.24) is 5.32 Å². The lowest BCUT2D eigenvalue weighted by Crippen LogP contribution is -2.37. The van der Waals surface area contributed by atoms with Gasteiger partial charge in [0.1, 0.15) is 5.76 Å². The van der Waals surface area contributed by atoms with Crippen molar-refractivity contribution in [3.63, 3.8) is 0 Å². The van der Waals surface area contributed by atoms with Crippen LogP contribution in [0.25, 0.3) is 0 Å². The molecule has 2 heterocycles. The SMILES string of the molecule is COC(=O)c1ccc(CNCC2COCCO2)o1. The zero-order chi connectivity index (χ0) is 12.8. The second kappa shape index (κ2) is 6.53. The van der Waals surface area contributed by atoms with E-state index in [1.807, 2.05) is 0 Å². The molecular weight excluding hydrogens is 238 g/mol. The van der Waals surface area contributed by atoms with E-state index >= 15 is 0 Å². The Morgan fingerprint density at radius 1 is 1.50 bits per heavy atom. The Morgan fingerprint density at radius 2 is 2.39 bits per heavy atom. The minimum absolute atomic E-state index is 0.0776. The van der Waals surface area contributed by atoms with Crippen LogP contribution in [-0.2, 0) is 20.8 Å². The summed E-state index contributed by atoms with van der Waals surface area (Å²) in [6.45, 7) is 3.14. The molecule has 18 heavy (non-hydrogen) atoms. The topological polar surface area (TPSA) is 69.9 Å². The average Bonchev–Trinajstić information content (AvgIpc) is 2.88. The summed E-state index contributed by atoms with van der Waals surface area (Å²) < 4.78 is 20.6. The lowest BCUT2D eigenvalue weighted by atomic mass is 10.3. The number of hydrogen-bond acceptors (Lipinski definition) is 6. The smallest absolute Gasteiger partial charge is 0.373 e. The second-order valence-corrected chi connectivity index (χ2v) is 3.96. The molecule has 6 nitrogen and oxygen atoms in total. The predicted molar refractivity (Wildman–Crippen MR) is 62.3 cm³/mol. The van der Waals surface area contributed by atoms with E-state index in [0.717, 1.165) is 0 Å². The number of ether oxygens (including phenoxy) is 3. The quantitative estimate of drug-likeness (QED) is 0.776. The van der Waals surface area contributed by atoms with Crippen molar-refractivity contribution in [3.8, 4) is 0 Å². The van der Waals surface area contributed by atoms with Crippen molar-refractivity contribution in [1.29, 1.82) is 0 Å². The van der Waals surface area contributed by atoms with E-state index in [0.29, 0.717) is 38.7 Å². The Labute approximate surface area is 105 Å². The Morgan fingerprint density at radius 3 is 3.11 bits per heavy atom. The Hall–Kier alpha value is -1.37. The zero-order valence-electron chi connectivity index (χ0n) is 10.3. The van der Waals surface area contributed by atoms with Crippen LogP contribution in [0.15, 0.2) is 16.5 Å². The third kappa shape index (κ3) is 3.56. The molecule has 1 aliphatic heterocycles. The molecule has 0 amide bonds. The van der Waals surface area contributed by atoms with Gasteiger partial charge >= 0.3 is 5.97 Å². The second-order valence-electron chi connectivity index (χ2n) is 3.96. The summed E-state index contributed by atoms with van der Waals surface area (Å²) in [6, 6.07) is 3.35. The maximum Gasteiger partial charge on any atom is 0.373 e. The van der Waals surface area contributed by atoms with Crippen LogP contribution in [0.1, 0.15) is 16.3 Å². The van der Waals surface area contributed by atoms with Crippen LogP contribution in [0.2, 0.25) is 0 Å². The van der Waals surface area contributed by atoms with Crippen LogP contribution in [0, 0.1) is 0 Å². The third-order valence-electron chi connectivity index (χ3n) is 2.60. The minimum atomic E-state index is -0.467. The normalized spacial score (nSPS) is 19.7. The lowest BCUT2D eigenvalue weighted by Gasteiger charge is -2.22. The molecule has 1 saturated heterocycles. The molecule has 1 aliphatic rings. The monoisotopic (exact) mass is 255 g/mol. The standard InChI is InChI=1S/C12H17NO5/c1-15-12(14)11-3-2-9(18-11)6-13-7-10-8-16-4-5-17-10/h2-3,10,13H,4-8H2,1H3. The molecule has 0 spiro atoms. The first kappa shape index (κ1) is 13.1. The maximum atomic E-state index is 11.2. The molecule has 0 radical (unpaired) electrons. The fourth-order valence-electron chi connectivity index (χ4n) is 1.69. The van der Waals surface area contributed by atoms with Crippen LogP contribution in [0.4, 0.5) is 0 Å². The van der Waals surface area contributed by atoms with Crippen LogP contribution >= 0.6 is 0 Å². The van der Waals surface area contributed by atoms with Gasteiger partial charge in [-0.1, -0.05) is 0 Å². The third-order valence-corrected chi connectivity index (χ3v) is 2.60. The van der Waals surface area contributed by atoms with Gasteiger partial charge in [-0.25, -0.2) is 4.79 Å². The molecule has 6 heteroatoms. The summed E-state index contributed by atoms with van der Waals surface area (Å²) in [6.07, 6.45) is 0.0776. The molecule has 0 aliphatic carbocycles. The number of carbonyl (C=O) groups excluding carboxylic acids is 1. The minimum Gasteiger partial charge on any atom is -0.463 e. The number of furan rings is 1. The molecule has 2 rings (SSSR count). The fourth-order valence-corrected chi connectivity index (χ4v) is 1.69. The van der Waals surface area contributed by atoms with Gasteiger partial charge in [0.05, 0.1) is 39.6 Å². The van der Waals surface area contributed by atoms with E-state index in [1.54, 1.807) is 12.1 Å². The van der Waals surface area contributed by atoms with E-state index in [-0.39, 0.29) is 11.9 Å². The molecule has 0 bridgehead atoms. The Bertz CT molecular complexity index is 384. The molecule has 1 aromatic rings. The molecule has 100 valence electrons. The van der Waals surface area contributed by atoms with E-state index < -0.39 is 5.97 Å². The summed E-state index contributed by atoms with van der Waals surface area (Å²) in [7, 11) is 1.32. The van der Waals surface area contributed by atoms with Gasteiger partial charge in [0.15, 0.2) is 0 Å². The van der Waals surface area contributed by atoms with Gasteiger partial charge in [0.25, 0.3) is 0 Å². The van der Waals surface area contributed by atoms with Crippen LogP contribution in [0.3, 0.4) is 0 Å². The summed E-state index contributed by atoms with van der Waals surface area (Å²) >= 11 is 0. The van der Waals surface area contributed by atoms with Gasteiger partial charge in [0, 0.05) is 6.54 Å². The summed E-state index contributed by atoms with van der Waals surface area (Å²) in [5.74, 6) is 0.434. The van der Waals surface area contributed by atoms with Crippen LogP contribution in [0.5, 0.6) is 0 Å². The first-order valence-corrected chi connectivity index (χ1v) is 5.86. The molecule has 1 aromatic heterocycles. The highest BCUT2D eigenvalue weighted by molar-refractivity contribution is 5.86. The first-order chi connectivity index (χ1) is 8.79. The van der Waals surface area contributed by atoms with Crippen molar-refractivity contribution < 1.29 is 23.4 Å². The molecule has 1 N–H and O–H groups in total. The van der Waals surface area contributed by atoms with Crippen molar-refractivity contribution in [2.45, 2.75) is 12.6 Å². The van der Waals surface area contributed by atoms with Gasteiger partial charge in [-0.15, -0.1) is 0 Å². The van der Waals surface area contributed by atoms with E-state index in [9.17, 15) is 4.79 Å².